The van der Waals surface area contributed by atoms with Crippen LogP contribution in [0, 0.1) is 28.4 Å². The quantitative estimate of drug-likeness (QED) is 0.121. The highest BCUT2D eigenvalue weighted by Gasteiger charge is 2.18. The highest BCUT2D eigenvalue weighted by atomic mass is 16.6. The van der Waals surface area contributed by atoms with E-state index in [4.69, 9.17) is 9.47 Å². The number of nitro benzene ring substituents is 1. The molecule has 0 saturated heterocycles. The maximum absolute atomic E-state index is 12.6. The SMILES string of the molecule is CCOc1cc(C=C(C#N)C(=O)Nc2ccccc2[N+](=O)[O-])ccc1OC(=O)c1ccc(C)cc1. The zero-order chi connectivity index (χ0) is 25.4. The molecule has 9 heteroatoms. The van der Waals surface area contributed by atoms with Crippen molar-refractivity contribution in [1.82, 2.24) is 0 Å². The van der Waals surface area contributed by atoms with Crippen LogP contribution < -0.4 is 14.8 Å². The molecule has 0 aliphatic carbocycles. The Morgan fingerprint density at radius 1 is 1.09 bits per heavy atom. The van der Waals surface area contributed by atoms with Gasteiger partial charge in [-0.05, 0) is 55.8 Å². The van der Waals surface area contributed by atoms with Gasteiger partial charge in [0.05, 0.1) is 17.1 Å². The average molecular weight is 471 g/mol. The molecule has 176 valence electrons. The molecule has 0 aliphatic heterocycles. The van der Waals surface area contributed by atoms with Crippen LogP contribution in [0.1, 0.15) is 28.4 Å². The fraction of sp³-hybridized carbons (Fsp3) is 0.115. The van der Waals surface area contributed by atoms with Crippen LogP contribution in [-0.4, -0.2) is 23.4 Å². The Balaban J connectivity index is 1.84. The van der Waals surface area contributed by atoms with Crippen molar-refractivity contribution in [2.24, 2.45) is 0 Å². The molecule has 0 atom stereocenters. The number of carbonyl (C=O) groups excluding carboxylic acids is 2. The molecule has 3 aromatic carbocycles. The van der Waals surface area contributed by atoms with Gasteiger partial charge in [-0.2, -0.15) is 5.26 Å². The molecular formula is C26H21N3O6. The highest BCUT2D eigenvalue weighted by Crippen LogP contribution is 2.30. The lowest BCUT2D eigenvalue weighted by Gasteiger charge is -2.12. The van der Waals surface area contributed by atoms with Crippen molar-refractivity contribution < 1.29 is 24.0 Å². The van der Waals surface area contributed by atoms with Gasteiger partial charge in [0, 0.05) is 6.07 Å². The average Bonchev–Trinajstić information content (AvgIpc) is 2.84. The molecule has 0 unspecified atom stereocenters. The number of rotatable bonds is 8. The molecule has 9 nitrogen and oxygen atoms in total. The molecule has 1 N–H and O–H groups in total. The Kier molecular flexibility index (Phi) is 7.93. The maximum atomic E-state index is 12.6. The van der Waals surface area contributed by atoms with Crippen LogP contribution in [0.4, 0.5) is 11.4 Å². The van der Waals surface area contributed by atoms with Gasteiger partial charge in [0.1, 0.15) is 17.3 Å². The van der Waals surface area contributed by atoms with Crippen LogP contribution in [0.25, 0.3) is 6.08 Å². The van der Waals surface area contributed by atoms with Gasteiger partial charge in [0.2, 0.25) is 0 Å². The smallest absolute Gasteiger partial charge is 0.343 e. The Hall–Kier alpha value is -4.97. The Bertz CT molecular complexity index is 1340. The van der Waals surface area contributed by atoms with E-state index in [9.17, 15) is 25.0 Å². The minimum absolute atomic E-state index is 0.0305. The molecule has 0 aliphatic rings. The van der Waals surface area contributed by atoms with Gasteiger partial charge in [-0.15, -0.1) is 0 Å². The van der Waals surface area contributed by atoms with Crippen LogP contribution in [-0.2, 0) is 4.79 Å². The number of anilines is 1. The first kappa shape index (κ1) is 24.7. The zero-order valence-electron chi connectivity index (χ0n) is 19.0. The lowest BCUT2D eigenvalue weighted by Crippen LogP contribution is -2.14. The summed E-state index contributed by atoms with van der Waals surface area (Å²) in [6.07, 6.45) is 1.30. The summed E-state index contributed by atoms with van der Waals surface area (Å²) < 4.78 is 11.1. The van der Waals surface area contributed by atoms with Crippen LogP contribution >= 0.6 is 0 Å². The number of hydrogen-bond acceptors (Lipinski definition) is 7. The van der Waals surface area contributed by atoms with Crippen molar-refractivity contribution in [2.75, 3.05) is 11.9 Å². The maximum Gasteiger partial charge on any atom is 0.343 e. The third kappa shape index (κ3) is 6.30. The van der Waals surface area contributed by atoms with E-state index >= 15 is 0 Å². The normalized spacial score (nSPS) is 10.7. The number of para-hydroxylation sites is 2. The van der Waals surface area contributed by atoms with Crippen LogP contribution in [0.2, 0.25) is 0 Å². The van der Waals surface area contributed by atoms with E-state index in [-0.39, 0.29) is 35.1 Å². The van der Waals surface area contributed by atoms with Gasteiger partial charge < -0.3 is 14.8 Å². The van der Waals surface area contributed by atoms with Crippen molar-refractivity contribution >= 4 is 29.3 Å². The summed E-state index contributed by atoms with van der Waals surface area (Å²) >= 11 is 0. The molecule has 0 spiro atoms. The molecule has 0 heterocycles. The topological polar surface area (TPSA) is 132 Å². The third-order valence-electron chi connectivity index (χ3n) is 4.78. The van der Waals surface area contributed by atoms with E-state index in [1.807, 2.05) is 6.92 Å². The first-order valence-electron chi connectivity index (χ1n) is 10.5. The lowest BCUT2D eigenvalue weighted by molar-refractivity contribution is -0.383. The predicted octanol–water partition coefficient (Wildman–Crippen LogP) is 5.07. The van der Waals surface area contributed by atoms with Crippen LogP contribution in [0.15, 0.2) is 72.3 Å². The third-order valence-corrected chi connectivity index (χ3v) is 4.78. The second-order valence-electron chi connectivity index (χ2n) is 7.29. The summed E-state index contributed by atoms with van der Waals surface area (Å²) in [5, 5.41) is 23.1. The molecule has 0 aromatic heterocycles. The van der Waals surface area contributed by atoms with Gasteiger partial charge in [-0.1, -0.05) is 35.9 Å². The number of carbonyl (C=O) groups is 2. The molecule has 0 radical (unpaired) electrons. The molecule has 3 aromatic rings. The Morgan fingerprint density at radius 2 is 1.80 bits per heavy atom. The van der Waals surface area contributed by atoms with E-state index < -0.39 is 16.8 Å². The summed E-state index contributed by atoms with van der Waals surface area (Å²) in [5.74, 6) is -0.944. The molecule has 0 saturated carbocycles. The van der Waals surface area contributed by atoms with E-state index in [1.165, 1.54) is 42.5 Å². The minimum Gasteiger partial charge on any atom is -0.490 e. The van der Waals surface area contributed by atoms with E-state index in [1.54, 1.807) is 43.3 Å². The van der Waals surface area contributed by atoms with Gasteiger partial charge in [-0.25, -0.2) is 4.79 Å². The van der Waals surface area contributed by atoms with Gasteiger partial charge in [-0.3, -0.25) is 14.9 Å². The van der Waals surface area contributed by atoms with Gasteiger partial charge >= 0.3 is 5.97 Å². The first-order valence-corrected chi connectivity index (χ1v) is 10.5. The fourth-order valence-electron chi connectivity index (χ4n) is 3.06. The number of benzene rings is 3. The highest BCUT2D eigenvalue weighted by molar-refractivity contribution is 6.10. The molecular weight excluding hydrogens is 450 g/mol. The lowest BCUT2D eigenvalue weighted by atomic mass is 10.1. The van der Waals surface area contributed by atoms with Crippen LogP contribution in [0.5, 0.6) is 11.5 Å². The summed E-state index contributed by atoms with van der Waals surface area (Å²) in [7, 11) is 0. The fourth-order valence-corrected chi connectivity index (χ4v) is 3.06. The van der Waals surface area contributed by atoms with Gasteiger partial charge in [0.15, 0.2) is 11.5 Å². The van der Waals surface area contributed by atoms with Crippen molar-refractivity contribution in [1.29, 1.82) is 5.26 Å². The number of amides is 1. The number of nitrogens with zero attached hydrogens (tertiary/aromatic N) is 2. The summed E-state index contributed by atoms with van der Waals surface area (Å²) in [6.45, 7) is 3.95. The predicted molar refractivity (Wildman–Crippen MR) is 129 cm³/mol. The number of esters is 1. The molecule has 0 bridgehead atoms. The Labute approximate surface area is 201 Å². The van der Waals surface area contributed by atoms with Crippen LogP contribution in [0.3, 0.4) is 0 Å². The standard InChI is InChI=1S/C26H21N3O6/c1-3-34-24-15-18(10-13-23(24)35-26(31)19-11-8-17(2)9-12-19)14-20(16-27)25(30)28-21-6-4-5-7-22(21)29(32)33/h4-15H,3H2,1-2H3,(H,28,30). The summed E-state index contributed by atoms with van der Waals surface area (Å²) in [5.41, 5.74) is 1.20. The second kappa shape index (κ2) is 11.2. The van der Waals surface area contributed by atoms with E-state index in [0.717, 1.165) is 5.56 Å². The van der Waals surface area contributed by atoms with E-state index in [2.05, 4.69) is 5.32 Å². The number of nitriles is 1. The minimum atomic E-state index is -0.811. The number of hydrogen-bond donors (Lipinski definition) is 1. The Morgan fingerprint density at radius 3 is 2.46 bits per heavy atom. The number of ether oxygens (including phenoxy) is 2. The molecule has 3 rings (SSSR count). The van der Waals surface area contributed by atoms with Crippen molar-refractivity contribution in [3.8, 4) is 17.6 Å². The molecule has 0 fully saturated rings. The van der Waals surface area contributed by atoms with E-state index in [0.29, 0.717) is 11.1 Å². The van der Waals surface area contributed by atoms with Crippen molar-refractivity contribution in [2.45, 2.75) is 13.8 Å². The largest absolute Gasteiger partial charge is 0.490 e. The zero-order valence-corrected chi connectivity index (χ0v) is 19.0. The molecule has 35 heavy (non-hydrogen) atoms. The summed E-state index contributed by atoms with van der Waals surface area (Å²) in [6, 6.07) is 18.9. The first-order chi connectivity index (χ1) is 16.8. The number of nitro groups is 1. The summed E-state index contributed by atoms with van der Waals surface area (Å²) in [4.78, 5) is 35.6. The number of aryl methyl sites for hydroxylation is 1. The monoisotopic (exact) mass is 471 g/mol. The van der Waals surface area contributed by atoms with Crippen molar-refractivity contribution in [3.05, 3.63) is 99.1 Å². The number of nitrogens with one attached hydrogen (secondary N) is 1. The van der Waals surface area contributed by atoms with Crippen molar-refractivity contribution in [3.63, 3.8) is 0 Å². The second-order valence-corrected chi connectivity index (χ2v) is 7.29. The van der Waals surface area contributed by atoms with Gasteiger partial charge in [0.25, 0.3) is 11.6 Å². The molecule has 1 amide bonds.